The summed E-state index contributed by atoms with van der Waals surface area (Å²) in [5, 5.41) is 3.68. The van der Waals surface area contributed by atoms with Gasteiger partial charge in [0.2, 0.25) is 0 Å². The number of halogens is 2. The summed E-state index contributed by atoms with van der Waals surface area (Å²) in [5.74, 6) is -0.0605. The minimum Gasteiger partial charge on any atom is -0.362 e. The van der Waals surface area contributed by atoms with E-state index in [4.69, 9.17) is 11.6 Å². The Morgan fingerprint density at radius 1 is 1.05 bits per heavy atom. The largest absolute Gasteiger partial charge is 0.362 e. The number of allylic oxidation sites excluding steroid dienone is 1. The summed E-state index contributed by atoms with van der Waals surface area (Å²) in [6, 6.07) is 14.7. The van der Waals surface area contributed by atoms with Crippen LogP contribution in [-0.4, -0.2) is 5.78 Å². The molecule has 0 radical (unpaired) electrons. The molecule has 96 valence electrons. The highest BCUT2D eigenvalue weighted by Crippen LogP contribution is 2.12. The first-order valence-corrected chi connectivity index (χ1v) is 7.09. The van der Waals surface area contributed by atoms with Gasteiger partial charge in [-0.3, -0.25) is 4.79 Å². The molecule has 2 aromatic rings. The third-order valence-corrected chi connectivity index (χ3v) is 3.43. The highest BCUT2D eigenvalue weighted by molar-refractivity contribution is 14.1. The Labute approximate surface area is 130 Å². The molecule has 0 saturated heterocycles. The molecule has 2 nitrogen and oxygen atoms in total. The van der Waals surface area contributed by atoms with Gasteiger partial charge in [0, 0.05) is 32.1 Å². The quantitative estimate of drug-likeness (QED) is 0.469. The summed E-state index contributed by atoms with van der Waals surface area (Å²) in [4.78, 5) is 11.8. The lowest BCUT2D eigenvalue weighted by Gasteiger charge is -2.00. The van der Waals surface area contributed by atoms with Crippen LogP contribution in [0.3, 0.4) is 0 Å². The van der Waals surface area contributed by atoms with Gasteiger partial charge in [-0.05, 0) is 71.1 Å². The fraction of sp³-hybridized carbons (Fsp3) is 0. The van der Waals surface area contributed by atoms with Crippen LogP contribution in [-0.2, 0) is 0 Å². The summed E-state index contributed by atoms with van der Waals surface area (Å²) >= 11 is 8.02. The van der Waals surface area contributed by atoms with Crippen LogP contribution in [0.5, 0.6) is 0 Å². The van der Waals surface area contributed by atoms with Crippen LogP contribution >= 0.6 is 34.2 Å². The summed E-state index contributed by atoms with van der Waals surface area (Å²) in [6.45, 7) is 0. The van der Waals surface area contributed by atoms with Crippen LogP contribution in [0, 0.1) is 3.57 Å². The minimum atomic E-state index is -0.0605. The van der Waals surface area contributed by atoms with Gasteiger partial charge in [0.05, 0.1) is 0 Å². The van der Waals surface area contributed by atoms with Crippen molar-refractivity contribution in [3.63, 3.8) is 0 Å². The Morgan fingerprint density at radius 3 is 2.32 bits per heavy atom. The molecule has 2 aromatic carbocycles. The molecule has 0 aliphatic heterocycles. The summed E-state index contributed by atoms with van der Waals surface area (Å²) < 4.78 is 1.17. The van der Waals surface area contributed by atoms with Crippen molar-refractivity contribution in [1.29, 1.82) is 0 Å². The molecule has 0 fully saturated rings. The van der Waals surface area contributed by atoms with E-state index in [2.05, 4.69) is 27.9 Å². The Hall–Kier alpha value is -1.33. The SMILES string of the molecule is O=C(/C=C/Nc1ccc(I)cc1)c1ccc(Cl)cc1. The predicted molar refractivity (Wildman–Crippen MR) is 87.7 cm³/mol. The lowest BCUT2D eigenvalue weighted by atomic mass is 10.1. The van der Waals surface area contributed by atoms with E-state index in [-0.39, 0.29) is 5.78 Å². The van der Waals surface area contributed by atoms with E-state index >= 15 is 0 Å². The number of rotatable bonds is 4. The number of nitrogens with one attached hydrogen (secondary N) is 1. The second-order valence-electron chi connectivity index (χ2n) is 3.86. The maximum Gasteiger partial charge on any atom is 0.187 e. The first-order valence-electron chi connectivity index (χ1n) is 5.64. The van der Waals surface area contributed by atoms with E-state index in [1.54, 1.807) is 30.5 Å². The van der Waals surface area contributed by atoms with Gasteiger partial charge in [-0.1, -0.05) is 11.6 Å². The number of anilines is 1. The lowest BCUT2D eigenvalue weighted by molar-refractivity contribution is 0.104. The van der Waals surface area contributed by atoms with Crippen LogP contribution in [0.25, 0.3) is 0 Å². The molecular weight excluding hydrogens is 373 g/mol. The van der Waals surface area contributed by atoms with Gasteiger partial charge in [0.25, 0.3) is 0 Å². The van der Waals surface area contributed by atoms with Crippen molar-refractivity contribution in [3.05, 3.63) is 75.0 Å². The molecule has 0 saturated carbocycles. The van der Waals surface area contributed by atoms with Crippen LogP contribution < -0.4 is 5.32 Å². The zero-order chi connectivity index (χ0) is 13.7. The fourth-order valence-corrected chi connectivity index (χ4v) is 1.96. The van der Waals surface area contributed by atoms with Crippen LogP contribution in [0.2, 0.25) is 5.02 Å². The molecule has 1 N–H and O–H groups in total. The summed E-state index contributed by atoms with van der Waals surface area (Å²) in [5.41, 5.74) is 1.56. The summed E-state index contributed by atoms with van der Waals surface area (Å²) in [6.07, 6.45) is 3.14. The van der Waals surface area contributed by atoms with E-state index in [0.29, 0.717) is 10.6 Å². The van der Waals surface area contributed by atoms with Crippen LogP contribution in [0.1, 0.15) is 10.4 Å². The van der Waals surface area contributed by atoms with Gasteiger partial charge >= 0.3 is 0 Å². The van der Waals surface area contributed by atoms with Gasteiger partial charge in [0.1, 0.15) is 0 Å². The molecule has 0 aliphatic carbocycles. The van der Waals surface area contributed by atoms with Crippen molar-refractivity contribution in [2.24, 2.45) is 0 Å². The third-order valence-electron chi connectivity index (χ3n) is 2.46. The lowest BCUT2D eigenvalue weighted by Crippen LogP contribution is -1.95. The second-order valence-corrected chi connectivity index (χ2v) is 5.54. The predicted octanol–water partition coefficient (Wildman–Crippen LogP) is 4.75. The van der Waals surface area contributed by atoms with Gasteiger partial charge < -0.3 is 5.32 Å². The van der Waals surface area contributed by atoms with E-state index in [9.17, 15) is 4.79 Å². The molecule has 0 unspecified atom stereocenters. The smallest absolute Gasteiger partial charge is 0.187 e. The molecule has 19 heavy (non-hydrogen) atoms. The number of hydrogen-bond donors (Lipinski definition) is 1. The molecule has 0 heterocycles. The number of hydrogen-bond acceptors (Lipinski definition) is 2. The minimum absolute atomic E-state index is 0.0605. The molecule has 0 aliphatic rings. The topological polar surface area (TPSA) is 29.1 Å². The van der Waals surface area contributed by atoms with E-state index in [1.807, 2.05) is 24.3 Å². The Balaban J connectivity index is 1.97. The number of carbonyl (C=O) groups is 1. The third kappa shape index (κ3) is 4.36. The van der Waals surface area contributed by atoms with Crippen molar-refractivity contribution in [3.8, 4) is 0 Å². The molecule has 4 heteroatoms. The average Bonchev–Trinajstić information content (AvgIpc) is 2.41. The van der Waals surface area contributed by atoms with Gasteiger partial charge in [-0.25, -0.2) is 0 Å². The molecule has 0 aromatic heterocycles. The molecule has 0 atom stereocenters. The maximum atomic E-state index is 11.8. The highest BCUT2D eigenvalue weighted by Gasteiger charge is 2.00. The van der Waals surface area contributed by atoms with Crippen molar-refractivity contribution >= 4 is 45.7 Å². The first kappa shape index (κ1) is 14.1. The van der Waals surface area contributed by atoms with Crippen molar-refractivity contribution < 1.29 is 4.79 Å². The van der Waals surface area contributed by atoms with E-state index in [1.165, 1.54) is 9.65 Å². The molecule has 2 rings (SSSR count). The molecular formula is C15H11ClINO. The number of carbonyl (C=O) groups excluding carboxylic acids is 1. The monoisotopic (exact) mass is 383 g/mol. The molecule has 0 spiro atoms. The zero-order valence-corrected chi connectivity index (χ0v) is 12.9. The highest BCUT2D eigenvalue weighted by atomic mass is 127. The van der Waals surface area contributed by atoms with Crippen LogP contribution in [0.4, 0.5) is 5.69 Å². The van der Waals surface area contributed by atoms with Gasteiger partial charge in [-0.15, -0.1) is 0 Å². The van der Waals surface area contributed by atoms with Gasteiger partial charge in [-0.2, -0.15) is 0 Å². The Bertz CT molecular complexity index is 591. The van der Waals surface area contributed by atoms with Crippen molar-refractivity contribution in [2.75, 3.05) is 5.32 Å². The second kappa shape index (κ2) is 6.73. The standard InChI is InChI=1S/C15H11ClINO/c16-12-3-1-11(2-4-12)15(19)9-10-18-14-7-5-13(17)6-8-14/h1-10,18H/b10-9+. The summed E-state index contributed by atoms with van der Waals surface area (Å²) in [7, 11) is 0. The number of benzene rings is 2. The van der Waals surface area contributed by atoms with Crippen molar-refractivity contribution in [2.45, 2.75) is 0 Å². The van der Waals surface area contributed by atoms with E-state index in [0.717, 1.165) is 5.69 Å². The Morgan fingerprint density at radius 2 is 1.68 bits per heavy atom. The zero-order valence-electron chi connectivity index (χ0n) is 9.94. The molecule has 0 bridgehead atoms. The normalized spacial score (nSPS) is 10.6. The average molecular weight is 384 g/mol. The van der Waals surface area contributed by atoms with E-state index < -0.39 is 0 Å². The number of ketones is 1. The first-order chi connectivity index (χ1) is 9.15. The maximum absolute atomic E-state index is 11.8. The Kier molecular flexibility index (Phi) is 4.99. The van der Waals surface area contributed by atoms with Crippen LogP contribution in [0.15, 0.2) is 60.8 Å². The van der Waals surface area contributed by atoms with Gasteiger partial charge in [0.15, 0.2) is 5.78 Å². The fourth-order valence-electron chi connectivity index (χ4n) is 1.47. The van der Waals surface area contributed by atoms with Crippen molar-refractivity contribution in [1.82, 2.24) is 0 Å². The molecule has 0 amide bonds.